The SMILES string of the molecule is CCN(CC(=O)NC(C)C)C(=O)NC(C(=O)O)C(C)C. The Morgan fingerprint density at radius 2 is 1.65 bits per heavy atom. The third-order valence-electron chi connectivity index (χ3n) is 2.66. The van der Waals surface area contributed by atoms with Gasteiger partial charge in [0, 0.05) is 12.6 Å². The van der Waals surface area contributed by atoms with E-state index in [9.17, 15) is 14.4 Å². The summed E-state index contributed by atoms with van der Waals surface area (Å²) in [4.78, 5) is 35.9. The van der Waals surface area contributed by atoms with E-state index in [4.69, 9.17) is 5.11 Å². The third-order valence-corrected chi connectivity index (χ3v) is 2.66. The molecule has 0 saturated heterocycles. The molecule has 3 N–H and O–H groups in total. The van der Waals surface area contributed by atoms with Gasteiger partial charge in [-0.15, -0.1) is 0 Å². The Balaban J connectivity index is 4.61. The number of aliphatic carboxylic acids is 1. The summed E-state index contributed by atoms with van der Waals surface area (Å²) in [5, 5.41) is 14.2. The molecular weight excluding hydrogens is 262 g/mol. The molecule has 0 aliphatic rings. The maximum absolute atomic E-state index is 12.0. The van der Waals surface area contributed by atoms with Crippen LogP contribution < -0.4 is 10.6 Å². The van der Waals surface area contributed by atoms with Gasteiger partial charge in [-0.1, -0.05) is 13.8 Å². The largest absolute Gasteiger partial charge is 0.480 e. The summed E-state index contributed by atoms with van der Waals surface area (Å²) < 4.78 is 0. The fourth-order valence-electron chi connectivity index (χ4n) is 1.61. The number of nitrogens with one attached hydrogen (secondary N) is 2. The van der Waals surface area contributed by atoms with E-state index in [-0.39, 0.29) is 24.4 Å². The highest BCUT2D eigenvalue weighted by molar-refractivity contribution is 5.86. The number of carbonyl (C=O) groups excluding carboxylic acids is 2. The molecule has 20 heavy (non-hydrogen) atoms. The van der Waals surface area contributed by atoms with Crippen LogP contribution in [-0.4, -0.2) is 53.1 Å². The molecule has 3 amide bonds. The van der Waals surface area contributed by atoms with Crippen molar-refractivity contribution in [3.8, 4) is 0 Å². The van der Waals surface area contributed by atoms with Crippen LogP contribution in [0.1, 0.15) is 34.6 Å². The highest BCUT2D eigenvalue weighted by Gasteiger charge is 2.26. The van der Waals surface area contributed by atoms with Crippen molar-refractivity contribution in [3.05, 3.63) is 0 Å². The fraction of sp³-hybridized carbons (Fsp3) is 0.769. The summed E-state index contributed by atoms with van der Waals surface area (Å²) in [6.45, 7) is 9.03. The van der Waals surface area contributed by atoms with Gasteiger partial charge in [0.15, 0.2) is 0 Å². The monoisotopic (exact) mass is 287 g/mol. The topological polar surface area (TPSA) is 98.7 Å². The fourth-order valence-corrected chi connectivity index (χ4v) is 1.61. The highest BCUT2D eigenvalue weighted by Crippen LogP contribution is 2.03. The molecule has 0 aliphatic carbocycles. The summed E-state index contributed by atoms with van der Waals surface area (Å²) in [5.74, 6) is -1.59. The van der Waals surface area contributed by atoms with Crippen LogP contribution in [0.5, 0.6) is 0 Å². The number of carboxylic acid groups (broad SMARTS) is 1. The molecule has 116 valence electrons. The highest BCUT2D eigenvalue weighted by atomic mass is 16.4. The van der Waals surface area contributed by atoms with E-state index in [2.05, 4.69) is 10.6 Å². The zero-order valence-corrected chi connectivity index (χ0v) is 12.8. The van der Waals surface area contributed by atoms with Crippen molar-refractivity contribution in [1.29, 1.82) is 0 Å². The lowest BCUT2D eigenvalue weighted by molar-refractivity contribution is -0.140. The van der Waals surface area contributed by atoms with E-state index in [1.165, 1.54) is 4.90 Å². The molecule has 7 heteroatoms. The van der Waals surface area contributed by atoms with Gasteiger partial charge in [0.1, 0.15) is 12.6 Å². The van der Waals surface area contributed by atoms with Crippen LogP contribution >= 0.6 is 0 Å². The van der Waals surface area contributed by atoms with E-state index < -0.39 is 18.0 Å². The molecule has 0 heterocycles. The number of amides is 3. The Labute approximate surface area is 119 Å². The second-order valence-electron chi connectivity index (χ2n) is 5.25. The van der Waals surface area contributed by atoms with Gasteiger partial charge in [0.2, 0.25) is 5.91 Å². The van der Waals surface area contributed by atoms with Gasteiger partial charge in [-0.25, -0.2) is 9.59 Å². The number of hydrogen-bond acceptors (Lipinski definition) is 3. The first-order chi connectivity index (χ1) is 9.18. The smallest absolute Gasteiger partial charge is 0.326 e. The lowest BCUT2D eigenvalue weighted by Crippen LogP contribution is -2.52. The number of likely N-dealkylation sites (N-methyl/N-ethyl adjacent to an activating group) is 1. The molecule has 0 aliphatic heterocycles. The van der Waals surface area contributed by atoms with Gasteiger partial charge in [-0.3, -0.25) is 4.79 Å². The summed E-state index contributed by atoms with van der Waals surface area (Å²) in [6, 6.07) is -1.52. The first-order valence-corrected chi connectivity index (χ1v) is 6.76. The van der Waals surface area contributed by atoms with E-state index in [0.29, 0.717) is 6.54 Å². The van der Waals surface area contributed by atoms with Crippen molar-refractivity contribution in [2.75, 3.05) is 13.1 Å². The number of rotatable bonds is 7. The summed E-state index contributed by atoms with van der Waals surface area (Å²) in [6.07, 6.45) is 0. The second kappa shape index (κ2) is 8.39. The van der Waals surface area contributed by atoms with Crippen LogP contribution in [0.25, 0.3) is 0 Å². The zero-order chi connectivity index (χ0) is 15.9. The number of urea groups is 1. The molecule has 0 fully saturated rings. The Morgan fingerprint density at radius 3 is 2.00 bits per heavy atom. The van der Waals surface area contributed by atoms with Gasteiger partial charge in [0.25, 0.3) is 0 Å². The predicted molar refractivity (Wildman–Crippen MR) is 75.3 cm³/mol. The molecule has 0 aromatic heterocycles. The molecule has 0 saturated carbocycles. The van der Waals surface area contributed by atoms with Crippen LogP contribution in [-0.2, 0) is 9.59 Å². The second-order valence-corrected chi connectivity index (χ2v) is 5.25. The average Bonchev–Trinajstić information content (AvgIpc) is 2.30. The van der Waals surface area contributed by atoms with Crippen molar-refractivity contribution < 1.29 is 19.5 Å². The van der Waals surface area contributed by atoms with Crippen LogP contribution in [0, 0.1) is 5.92 Å². The molecule has 0 rings (SSSR count). The minimum atomic E-state index is -1.09. The van der Waals surface area contributed by atoms with Crippen molar-refractivity contribution in [1.82, 2.24) is 15.5 Å². The van der Waals surface area contributed by atoms with Gasteiger partial charge >= 0.3 is 12.0 Å². The molecule has 0 aromatic carbocycles. The quantitative estimate of drug-likeness (QED) is 0.640. The lowest BCUT2D eigenvalue weighted by atomic mass is 10.1. The van der Waals surface area contributed by atoms with Gasteiger partial charge in [-0.05, 0) is 26.7 Å². The Morgan fingerprint density at radius 1 is 1.10 bits per heavy atom. The van der Waals surface area contributed by atoms with E-state index in [1.54, 1.807) is 20.8 Å². The van der Waals surface area contributed by atoms with Gasteiger partial charge in [0.05, 0.1) is 0 Å². The van der Waals surface area contributed by atoms with Gasteiger partial charge < -0.3 is 20.6 Å². The van der Waals surface area contributed by atoms with E-state index >= 15 is 0 Å². The normalized spacial score (nSPS) is 12.2. The molecule has 7 nitrogen and oxygen atoms in total. The number of hydrogen-bond donors (Lipinski definition) is 3. The van der Waals surface area contributed by atoms with Crippen LogP contribution in [0.4, 0.5) is 4.79 Å². The van der Waals surface area contributed by atoms with Crippen LogP contribution in [0.2, 0.25) is 0 Å². The molecule has 0 spiro atoms. The molecule has 0 aromatic rings. The van der Waals surface area contributed by atoms with Gasteiger partial charge in [-0.2, -0.15) is 0 Å². The molecule has 0 radical (unpaired) electrons. The first-order valence-electron chi connectivity index (χ1n) is 6.76. The summed E-state index contributed by atoms with van der Waals surface area (Å²) >= 11 is 0. The molecule has 0 bridgehead atoms. The maximum atomic E-state index is 12.0. The molecule has 1 unspecified atom stereocenters. The number of nitrogens with zero attached hydrogens (tertiary/aromatic N) is 1. The Hall–Kier alpha value is -1.79. The molecular formula is C13H25N3O4. The van der Waals surface area contributed by atoms with Crippen molar-refractivity contribution in [3.63, 3.8) is 0 Å². The molecule has 1 atom stereocenters. The number of carbonyl (C=O) groups is 3. The zero-order valence-electron chi connectivity index (χ0n) is 12.8. The standard InChI is InChI=1S/C13H25N3O4/c1-6-16(7-10(17)14-9(4)5)13(20)15-11(8(2)3)12(18)19/h8-9,11H,6-7H2,1-5H3,(H,14,17)(H,15,20)(H,18,19). The minimum Gasteiger partial charge on any atom is -0.480 e. The number of carboxylic acids is 1. The van der Waals surface area contributed by atoms with Crippen molar-refractivity contribution in [2.24, 2.45) is 5.92 Å². The average molecular weight is 287 g/mol. The van der Waals surface area contributed by atoms with Crippen molar-refractivity contribution >= 4 is 17.9 Å². The van der Waals surface area contributed by atoms with Crippen LogP contribution in [0.15, 0.2) is 0 Å². The third kappa shape index (κ3) is 6.40. The van der Waals surface area contributed by atoms with E-state index in [0.717, 1.165) is 0 Å². The predicted octanol–water partition coefficient (Wildman–Crippen LogP) is 0.652. The maximum Gasteiger partial charge on any atom is 0.326 e. The van der Waals surface area contributed by atoms with E-state index in [1.807, 2.05) is 13.8 Å². The lowest BCUT2D eigenvalue weighted by Gasteiger charge is -2.25. The van der Waals surface area contributed by atoms with Crippen molar-refractivity contribution in [2.45, 2.75) is 46.7 Å². The first kappa shape index (κ1) is 18.2. The summed E-state index contributed by atoms with van der Waals surface area (Å²) in [7, 11) is 0. The summed E-state index contributed by atoms with van der Waals surface area (Å²) in [5.41, 5.74) is 0. The Bertz CT molecular complexity index is 356. The minimum absolute atomic E-state index is 0.00769. The Kier molecular flexibility index (Phi) is 7.64. The van der Waals surface area contributed by atoms with Crippen LogP contribution in [0.3, 0.4) is 0 Å².